The zero-order valence-electron chi connectivity index (χ0n) is 53.8. The molecule has 1 unspecified atom stereocenters. The zero-order valence-corrected chi connectivity index (χ0v) is 53.8. The zero-order chi connectivity index (χ0) is 58.5. The smallest absolute Gasteiger partial charge is 0.306 e. The van der Waals surface area contributed by atoms with Gasteiger partial charge >= 0.3 is 17.9 Å². The number of ether oxygens (including phenoxy) is 3. The maximum absolute atomic E-state index is 13.0. The number of allylic oxidation sites excluding steroid dienone is 14. The minimum Gasteiger partial charge on any atom is -0.462 e. The van der Waals surface area contributed by atoms with Crippen LogP contribution in [-0.4, -0.2) is 37.2 Å². The van der Waals surface area contributed by atoms with Crippen LogP contribution < -0.4 is 0 Å². The lowest BCUT2D eigenvalue weighted by Gasteiger charge is -2.18. The quantitative estimate of drug-likeness (QED) is 0.0261. The standard InChI is InChI=1S/C75H132O6/c1-4-7-10-13-16-19-22-25-28-30-32-34-35-36-37-38-39-41-42-44-47-50-53-56-59-62-65-68-74(77)80-71-72(70-79-73(76)67-64-61-58-55-52-49-46-27-24-21-18-15-12-9-6-3)81-75(78)69-66-63-60-57-54-51-48-45-43-40-33-31-29-26-23-20-17-14-11-8-5-2/h7,10,16,18-19,21,25,27-28,32,34,36-37,46,72H,4-6,8-9,11-15,17,20,22-24,26,29-31,33,35,38-45,47-71H2,1-3H3/b10-7-,19-16-,21-18-,28-25-,34-32-,37-36-,46-27-. The van der Waals surface area contributed by atoms with Crippen molar-refractivity contribution in [3.05, 3.63) is 85.1 Å². The highest BCUT2D eigenvalue weighted by molar-refractivity contribution is 5.71. The maximum atomic E-state index is 13.0. The van der Waals surface area contributed by atoms with Crippen LogP contribution in [0.1, 0.15) is 355 Å². The van der Waals surface area contributed by atoms with E-state index in [2.05, 4.69) is 106 Å². The van der Waals surface area contributed by atoms with Crippen molar-refractivity contribution < 1.29 is 28.6 Å². The first-order valence-electron chi connectivity index (χ1n) is 35.1. The van der Waals surface area contributed by atoms with Gasteiger partial charge < -0.3 is 14.2 Å². The van der Waals surface area contributed by atoms with E-state index in [0.717, 1.165) is 109 Å². The van der Waals surface area contributed by atoms with Crippen LogP contribution in [0.4, 0.5) is 0 Å². The van der Waals surface area contributed by atoms with E-state index < -0.39 is 6.10 Å². The molecule has 0 N–H and O–H groups in total. The highest BCUT2D eigenvalue weighted by Crippen LogP contribution is 2.18. The van der Waals surface area contributed by atoms with Gasteiger partial charge in [0, 0.05) is 19.3 Å². The van der Waals surface area contributed by atoms with Crippen LogP contribution in [0.2, 0.25) is 0 Å². The molecule has 0 rings (SSSR count). The van der Waals surface area contributed by atoms with Gasteiger partial charge in [-0.25, -0.2) is 0 Å². The van der Waals surface area contributed by atoms with Crippen molar-refractivity contribution in [2.75, 3.05) is 13.2 Å². The predicted molar refractivity (Wildman–Crippen MR) is 353 cm³/mol. The highest BCUT2D eigenvalue weighted by Gasteiger charge is 2.19. The summed E-state index contributed by atoms with van der Waals surface area (Å²) >= 11 is 0. The second-order valence-corrected chi connectivity index (χ2v) is 23.4. The fourth-order valence-corrected chi connectivity index (χ4v) is 10.2. The number of carbonyl (C=O) groups is 3. The van der Waals surface area contributed by atoms with Crippen LogP contribution in [0.15, 0.2) is 85.1 Å². The number of carbonyl (C=O) groups excluding carboxylic acids is 3. The molecule has 0 aliphatic heterocycles. The largest absolute Gasteiger partial charge is 0.462 e. The lowest BCUT2D eigenvalue weighted by Crippen LogP contribution is -2.30. The summed E-state index contributed by atoms with van der Waals surface area (Å²) in [6.45, 7) is 6.54. The van der Waals surface area contributed by atoms with Crippen molar-refractivity contribution in [2.24, 2.45) is 0 Å². The molecule has 0 aliphatic carbocycles. The van der Waals surface area contributed by atoms with Crippen molar-refractivity contribution in [3.63, 3.8) is 0 Å². The first-order chi connectivity index (χ1) is 40.0. The van der Waals surface area contributed by atoms with Gasteiger partial charge in [-0.1, -0.05) is 324 Å². The molecule has 1 atom stereocenters. The summed E-state index contributed by atoms with van der Waals surface area (Å²) < 4.78 is 17.0. The van der Waals surface area contributed by atoms with E-state index >= 15 is 0 Å². The summed E-state index contributed by atoms with van der Waals surface area (Å²) in [5.74, 6) is -0.875. The first kappa shape index (κ1) is 77.6. The van der Waals surface area contributed by atoms with Gasteiger partial charge in [0.15, 0.2) is 6.10 Å². The molecule has 0 fully saturated rings. The summed E-state index contributed by atoms with van der Waals surface area (Å²) in [6.07, 6.45) is 91.7. The molecular formula is C75H132O6. The SMILES string of the molecule is CC/C=C\C/C=C\C/C=C\C/C=C\C/C=C\CCCCCCCCCCCCCC(=O)OCC(COC(=O)CCCCCCC/C=C\C/C=C\CCCCC)OC(=O)CCCCCCCCCCCCCCCCCCCCCCC. The Morgan fingerprint density at radius 1 is 0.259 bits per heavy atom. The third-order valence-corrected chi connectivity index (χ3v) is 15.4. The monoisotopic (exact) mass is 1130 g/mol. The van der Waals surface area contributed by atoms with Gasteiger partial charge in [-0.2, -0.15) is 0 Å². The molecule has 6 nitrogen and oxygen atoms in total. The van der Waals surface area contributed by atoms with Gasteiger partial charge in [-0.3, -0.25) is 14.4 Å². The van der Waals surface area contributed by atoms with Crippen LogP contribution >= 0.6 is 0 Å². The Morgan fingerprint density at radius 2 is 0.481 bits per heavy atom. The molecule has 81 heavy (non-hydrogen) atoms. The molecule has 0 aromatic rings. The lowest BCUT2D eigenvalue weighted by molar-refractivity contribution is -0.167. The average molecular weight is 1130 g/mol. The van der Waals surface area contributed by atoms with Gasteiger partial charge in [-0.15, -0.1) is 0 Å². The number of hydrogen-bond acceptors (Lipinski definition) is 6. The fourth-order valence-electron chi connectivity index (χ4n) is 10.2. The second kappa shape index (κ2) is 69.1. The molecule has 0 amide bonds. The number of esters is 3. The van der Waals surface area contributed by atoms with Crippen molar-refractivity contribution in [3.8, 4) is 0 Å². The van der Waals surface area contributed by atoms with Gasteiger partial charge in [0.25, 0.3) is 0 Å². The van der Waals surface area contributed by atoms with E-state index in [1.54, 1.807) is 0 Å². The highest BCUT2D eigenvalue weighted by atomic mass is 16.6. The Morgan fingerprint density at radius 3 is 0.778 bits per heavy atom. The van der Waals surface area contributed by atoms with Gasteiger partial charge in [0.05, 0.1) is 0 Å². The van der Waals surface area contributed by atoms with E-state index in [0.29, 0.717) is 19.3 Å². The molecule has 0 aromatic carbocycles. The topological polar surface area (TPSA) is 78.9 Å². The number of unbranched alkanes of at least 4 members (excludes halogenated alkanes) is 39. The second-order valence-electron chi connectivity index (χ2n) is 23.4. The maximum Gasteiger partial charge on any atom is 0.306 e. The third kappa shape index (κ3) is 67.3. The van der Waals surface area contributed by atoms with Crippen LogP contribution in [0, 0.1) is 0 Å². The third-order valence-electron chi connectivity index (χ3n) is 15.4. The molecule has 0 spiro atoms. The van der Waals surface area contributed by atoms with Crippen molar-refractivity contribution in [1.82, 2.24) is 0 Å². The number of rotatable bonds is 64. The first-order valence-corrected chi connectivity index (χ1v) is 35.1. The number of hydrogen-bond donors (Lipinski definition) is 0. The van der Waals surface area contributed by atoms with Crippen LogP contribution in [0.25, 0.3) is 0 Å². The minimum absolute atomic E-state index is 0.0791. The Bertz CT molecular complexity index is 1530. The van der Waals surface area contributed by atoms with E-state index in [9.17, 15) is 14.4 Å². The van der Waals surface area contributed by atoms with E-state index in [4.69, 9.17) is 14.2 Å². The summed E-state index contributed by atoms with van der Waals surface area (Å²) in [4.78, 5) is 38.4. The van der Waals surface area contributed by atoms with E-state index in [1.165, 1.54) is 205 Å². The van der Waals surface area contributed by atoms with Crippen LogP contribution in [0.5, 0.6) is 0 Å². The molecule has 0 aromatic heterocycles. The Kier molecular flexibility index (Phi) is 66.2. The molecule has 0 saturated carbocycles. The summed E-state index contributed by atoms with van der Waals surface area (Å²) in [6, 6.07) is 0. The predicted octanol–water partition coefficient (Wildman–Crippen LogP) is 24.2. The molecule has 0 bridgehead atoms. The fraction of sp³-hybridized carbons (Fsp3) is 0.773. The molecule has 6 heteroatoms. The normalized spacial score (nSPS) is 12.6. The summed E-state index contributed by atoms with van der Waals surface area (Å²) in [7, 11) is 0. The molecule has 0 radical (unpaired) electrons. The van der Waals surface area contributed by atoms with E-state index in [1.807, 2.05) is 0 Å². The van der Waals surface area contributed by atoms with Crippen LogP contribution in [0.3, 0.4) is 0 Å². The Balaban J connectivity index is 4.31. The Hall–Kier alpha value is -3.41. The van der Waals surface area contributed by atoms with E-state index in [-0.39, 0.29) is 31.1 Å². The van der Waals surface area contributed by atoms with Gasteiger partial charge in [0.1, 0.15) is 13.2 Å². The lowest BCUT2D eigenvalue weighted by atomic mass is 10.0. The van der Waals surface area contributed by atoms with Crippen molar-refractivity contribution in [2.45, 2.75) is 361 Å². The van der Waals surface area contributed by atoms with Crippen molar-refractivity contribution >= 4 is 17.9 Å². The molecule has 468 valence electrons. The molecule has 0 heterocycles. The average Bonchev–Trinajstić information content (AvgIpc) is 3.47. The van der Waals surface area contributed by atoms with Crippen LogP contribution in [-0.2, 0) is 28.6 Å². The molecule has 0 aliphatic rings. The van der Waals surface area contributed by atoms with Crippen molar-refractivity contribution in [1.29, 1.82) is 0 Å². The van der Waals surface area contributed by atoms with Gasteiger partial charge in [-0.05, 0) is 96.3 Å². The molecule has 0 saturated heterocycles. The van der Waals surface area contributed by atoms with Gasteiger partial charge in [0.2, 0.25) is 0 Å². The molecular weight excluding hydrogens is 997 g/mol. The Labute approximate surface area is 503 Å². The summed E-state index contributed by atoms with van der Waals surface area (Å²) in [5, 5.41) is 0. The summed E-state index contributed by atoms with van der Waals surface area (Å²) in [5.41, 5.74) is 0. The minimum atomic E-state index is -0.784.